The highest BCUT2D eigenvalue weighted by Crippen LogP contribution is 2.20. The number of carbonyl (C=O) groups is 2. The molecule has 0 saturated carbocycles. The number of aliphatic carboxylic acids is 1. The van der Waals surface area contributed by atoms with Crippen molar-refractivity contribution in [3.63, 3.8) is 0 Å². The standard InChI is InChI=1S/C12H14O4.C8H8.H3O3P/c1-2-5-10(13)9-6-3-4-7-11(9)16-8-12(14)15;1-2-8-6-4-3-5-7-8;1-4(2)3/h3-4,6-7H,2,5,8H2,1H3,(H,14,15);2-7H,1H2;4H,(H2,1,2,3). The van der Waals surface area contributed by atoms with E-state index in [-0.39, 0.29) is 5.78 Å². The quantitative estimate of drug-likeness (QED) is 0.470. The van der Waals surface area contributed by atoms with Gasteiger partial charge in [0.1, 0.15) is 5.75 Å². The van der Waals surface area contributed by atoms with Crippen LogP contribution in [-0.4, -0.2) is 33.3 Å². The van der Waals surface area contributed by atoms with Gasteiger partial charge in [-0.25, -0.2) is 4.79 Å². The Labute approximate surface area is 164 Å². The van der Waals surface area contributed by atoms with Crippen LogP contribution < -0.4 is 4.74 Å². The third-order valence-electron chi connectivity index (χ3n) is 3.05. The zero-order chi connectivity index (χ0) is 21.4. The normalized spacial score (nSPS) is 9.29. The van der Waals surface area contributed by atoms with Gasteiger partial charge < -0.3 is 19.6 Å². The van der Waals surface area contributed by atoms with Gasteiger partial charge in [-0.05, 0) is 24.1 Å². The molecule has 0 saturated heterocycles. The third kappa shape index (κ3) is 12.6. The van der Waals surface area contributed by atoms with Crippen molar-refractivity contribution < 1.29 is 33.8 Å². The summed E-state index contributed by atoms with van der Waals surface area (Å²) in [5, 5.41) is 8.50. The molecular weight excluding hydrogens is 383 g/mol. The van der Waals surface area contributed by atoms with E-state index in [1.807, 2.05) is 43.3 Å². The molecule has 0 spiro atoms. The monoisotopic (exact) mass is 408 g/mol. The molecule has 0 radical (unpaired) electrons. The smallest absolute Gasteiger partial charge is 0.341 e. The average molecular weight is 408 g/mol. The first kappa shape index (κ1) is 25.3. The maximum Gasteiger partial charge on any atom is 0.341 e. The Bertz CT molecular complexity index is 756. The maximum atomic E-state index is 11.7. The molecule has 2 aromatic rings. The van der Waals surface area contributed by atoms with Gasteiger partial charge in [0.25, 0.3) is 0 Å². The highest BCUT2D eigenvalue weighted by atomic mass is 31.1. The summed E-state index contributed by atoms with van der Waals surface area (Å²) in [4.78, 5) is 36.4. The van der Waals surface area contributed by atoms with Gasteiger partial charge in [0, 0.05) is 6.42 Å². The van der Waals surface area contributed by atoms with Gasteiger partial charge in [-0.15, -0.1) is 0 Å². The summed E-state index contributed by atoms with van der Waals surface area (Å²) in [6, 6.07) is 16.7. The number of ether oxygens (including phenoxy) is 1. The van der Waals surface area contributed by atoms with Crippen molar-refractivity contribution in [3.8, 4) is 5.75 Å². The highest BCUT2D eigenvalue weighted by molar-refractivity contribution is 7.30. The van der Waals surface area contributed by atoms with Gasteiger partial charge in [-0.1, -0.05) is 62.0 Å². The van der Waals surface area contributed by atoms with Gasteiger partial charge in [0.05, 0.1) is 5.56 Å². The second-order valence-corrected chi connectivity index (χ2v) is 5.81. The number of rotatable bonds is 7. The summed E-state index contributed by atoms with van der Waals surface area (Å²) in [6.45, 7) is 5.11. The van der Waals surface area contributed by atoms with Gasteiger partial charge in [0.2, 0.25) is 0 Å². The molecule has 7 nitrogen and oxygen atoms in total. The highest BCUT2D eigenvalue weighted by Gasteiger charge is 2.11. The molecule has 0 aliphatic heterocycles. The number of hydrogen-bond acceptors (Lipinski definition) is 4. The molecular formula is C20H25O7P. The van der Waals surface area contributed by atoms with E-state index in [9.17, 15) is 9.59 Å². The number of para-hydroxylation sites is 1. The molecule has 0 atom stereocenters. The second kappa shape index (κ2) is 15.3. The van der Waals surface area contributed by atoms with Gasteiger partial charge in [-0.2, -0.15) is 0 Å². The van der Waals surface area contributed by atoms with Gasteiger partial charge >= 0.3 is 14.2 Å². The van der Waals surface area contributed by atoms with Gasteiger partial charge in [-0.3, -0.25) is 9.36 Å². The summed E-state index contributed by atoms with van der Waals surface area (Å²) < 4.78 is 13.8. The van der Waals surface area contributed by atoms with Crippen LogP contribution in [0.15, 0.2) is 61.2 Å². The number of carbonyl (C=O) groups excluding carboxylic acids is 1. The first-order valence-electron chi connectivity index (χ1n) is 8.38. The lowest BCUT2D eigenvalue weighted by Gasteiger charge is -2.08. The molecule has 3 N–H and O–H groups in total. The summed E-state index contributed by atoms with van der Waals surface area (Å²) in [6.07, 6.45) is 3.03. The molecule has 0 aliphatic rings. The van der Waals surface area contributed by atoms with E-state index in [2.05, 4.69) is 6.58 Å². The number of hydrogen-bond donors (Lipinski definition) is 3. The molecule has 0 fully saturated rings. The van der Waals surface area contributed by atoms with Gasteiger partial charge in [0.15, 0.2) is 12.4 Å². The molecule has 0 heterocycles. The number of benzene rings is 2. The van der Waals surface area contributed by atoms with E-state index in [1.165, 1.54) is 5.56 Å². The Morgan fingerprint density at radius 2 is 1.61 bits per heavy atom. The van der Waals surface area contributed by atoms with E-state index in [1.54, 1.807) is 24.3 Å². The Morgan fingerprint density at radius 3 is 2.07 bits per heavy atom. The zero-order valence-corrected chi connectivity index (χ0v) is 16.6. The summed E-state index contributed by atoms with van der Waals surface area (Å²) in [7, 11) is -3.13. The summed E-state index contributed by atoms with van der Waals surface area (Å²) in [5.74, 6) is -0.746. The Kier molecular flexibility index (Phi) is 13.8. The van der Waals surface area contributed by atoms with Crippen molar-refractivity contribution in [2.75, 3.05) is 6.61 Å². The van der Waals surface area contributed by atoms with Crippen LogP contribution in [-0.2, 0) is 9.36 Å². The van der Waals surface area contributed by atoms with Crippen LogP contribution in [0.1, 0.15) is 35.7 Å². The number of carboxylic acid groups (broad SMARTS) is 1. The second-order valence-electron chi connectivity index (χ2n) is 5.25. The van der Waals surface area contributed by atoms with Crippen molar-refractivity contribution in [1.29, 1.82) is 0 Å². The first-order valence-corrected chi connectivity index (χ1v) is 9.68. The Hall–Kier alpha value is -2.73. The van der Waals surface area contributed by atoms with Crippen LogP contribution in [0.5, 0.6) is 5.75 Å². The SMILES string of the molecule is C=Cc1ccccc1.CCCC(=O)c1ccccc1OCC(=O)O.O=[PH](O)O. The van der Waals surface area contributed by atoms with Crippen LogP contribution in [0, 0.1) is 0 Å². The number of Topliss-reactive ketones (excluding diaryl/α,β-unsaturated/α-hetero) is 1. The molecule has 0 aliphatic carbocycles. The predicted octanol–water partition coefficient (Wildman–Crippen LogP) is 3.82. The van der Waals surface area contributed by atoms with Crippen LogP contribution in [0.4, 0.5) is 0 Å². The fourth-order valence-corrected chi connectivity index (χ4v) is 1.91. The minimum Gasteiger partial charge on any atom is -0.481 e. The van der Waals surface area contributed by atoms with Crippen molar-refractivity contribution >= 4 is 26.1 Å². The lowest BCUT2D eigenvalue weighted by atomic mass is 10.1. The van der Waals surface area contributed by atoms with E-state index >= 15 is 0 Å². The minimum absolute atomic E-state index is 0.0245. The van der Waals surface area contributed by atoms with E-state index in [0.29, 0.717) is 17.7 Å². The molecule has 2 aromatic carbocycles. The Morgan fingerprint density at radius 1 is 1.07 bits per heavy atom. The van der Waals surface area contributed by atoms with E-state index in [0.717, 1.165) is 6.42 Å². The first-order chi connectivity index (χ1) is 13.3. The van der Waals surface area contributed by atoms with Crippen molar-refractivity contribution in [2.24, 2.45) is 0 Å². The summed E-state index contributed by atoms with van der Waals surface area (Å²) in [5.41, 5.74) is 1.62. The average Bonchev–Trinajstić information content (AvgIpc) is 2.67. The molecule has 2 rings (SSSR count). The van der Waals surface area contributed by atoms with Crippen LogP contribution in [0.25, 0.3) is 6.08 Å². The number of carboxylic acids is 1. The van der Waals surface area contributed by atoms with Crippen LogP contribution in [0.3, 0.4) is 0 Å². The topological polar surface area (TPSA) is 121 Å². The summed E-state index contributed by atoms with van der Waals surface area (Å²) >= 11 is 0. The lowest BCUT2D eigenvalue weighted by molar-refractivity contribution is -0.139. The lowest BCUT2D eigenvalue weighted by Crippen LogP contribution is -2.11. The predicted molar refractivity (Wildman–Crippen MR) is 109 cm³/mol. The van der Waals surface area contributed by atoms with Crippen molar-refractivity contribution in [3.05, 3.63) is 72.3 Å². The minimum atomic E-state index is -3.13. The zero-order valence-electron chi connectivity index (χ0n) is 15.6. The molecule has 0 unspecified atom stereocenters. The number of ketones is 1. The molecule has 0 aromatic heterocycles. The molecule has 8 heteroatoms. The van der Waals surface area contributed by atoms with E-state index in [4.69, 9.17) is 24.2 Å². The molecule has 152 valence electrons. The molecule has 28 heavy (non-hydrogen) atoms. The molecule has 0 amide bonds. The van der Waals surface area contributed by atoms with Crippen LogP contribution >= 0.6 is 8.25 Å². The molecule has 0 bridgehead atoms. The van der Waals surface area contributed by atoms with E-state index < -0.39 is 20.8 Å². The van der Waals surface area contributed by atoms with Crippen molar-refractivity contribution in [1.82, 2.24) is 0 Å². The largest absolute Gasteiger partial charge is 0.481 e. The third-order valence-corrected chi connectivity index (χ3v) is 3.05. The van der Waals surface area contributed by atoms with Crippen molar-refractivity contribution in [2.45, 2.75) is 19.8 Å². The Balaban J connectivity index is 0.000000502. The fourth-order valence-electron chi connectivity index (χ4n) is 1.91. The van der Waals surface area contributed by atoms with Crippen LogP contribution in [0.2, 0.25) is 0 Å². The maximum absolute atomic E-state index is 11.7. The fraction of sp³-hybridized carbons (Fsp3) is 0.200.